The fraction of sp³-hybridized carbons (Fsp3) is 0.889. The summed E-state index contributed by atoms with van der Waals surface area (Å²) in [5, 5.41) is 11.8. The highest BCUT2D eigenvalue weighted by atomic mass is 15.6. The Morgan fingerprint density at radius 2 is 2.21 bits per heavy atom. The van der Waals surface area contributed by atoms with Gasteiger partial charge in [0.25, 0.3) is 0 Å². The molecule has 80 valence electrons. The van der Waals surface area contributed by atoms with Gasteiger partial charge in [-0.05, 0) is 24.5 Å². The van der Waals surface area contributed by atoms with Crippen molar-refractivity contribution in [3.05, 3.63) is 5.82 Å². The van der Waals surface area contributed by atoms with Crippen molar-refractivity contribution in [3.8, 4) is 0 Å². The van der Waals surface area contributed by atoms with Crippen molar-refractivity contribution in [2.75, 3.05) is 0 Å². The van der Waals surface area contributed by atoms with E-state index in [2.05, 4.69) is 22.3 Å². The summed E-state index contributed by atoms with van der Waals surface area (Å²) in [5.41, 5.74) is 5.89. The second kappa shape index (κ2) is 5.70. The van der Waals surface area contributed by atoms with Crippen molar-refractivity contribution >= 4 is 0 Å². The van der Waals surface area contributed by atoms with Gasteiger partial charge in [-0.3, -0.25) is 0 Å². The third kappa shape index (κ3) is 3.83. The number of hydrogen-bond donors (Lipinski definition) is 1. The van der Waals surface area contributed by atoms with Gasteiger partial charge in [-0.25, -0.2) is 0 Å². The molecule has 0 fully saturated rings. The van der Waals surface area contributed by atoms with Gasteiger partial charge in [-0.1, -0.05) is 13.3 Å². The Kier molecular flexibility index (Phi) is 4.52. The van der Waals surface area contributed by atoms with Crippen molar-refractivity contribution < 1.29 is 0 Å². The molecule has 0 saturated heterocycles. The van der Waals surface area contributed by atoms with Gasteiger partial charge in [-0.15, -0.1) is 10.2 Å². The molecule has 1 rings (SSSR count). The number of nitrogens with zero attached hydrogens (tertiary/aromatic N) is 4. The Morgan fingerprint density at radius 1 is 1.43 bits per heavy atom. The Morgan fingerprint density at radius 3 is 2.79 bits per heavy atom. The van der Waals surface area contributed by atoms with Crippen LogP contribution in [0.3, 0.4) is 0 Å². The average molecular weight is 197 g/mol. The molecule has 0 spiro atoms. The van der Waals surface area contributed by atoms with Crippen molar-refractivity contribution in [1.82, 2.24) is 20.2 Å². The molecule has 0 saturated carbocycles. The van der Waals surface area contributed by atoms with Gasteiger partial charge in [-0.2, -0.15) is 4.80 Å². The molecule has 2 N–H and O–H groups in total. The predicted octanol–water partition coefficient (Wildman–Crippen LogP) is 0.660. The standard InChI is InChI=1S/C9H19N5/c1-3-5-8(10)6-4-7-9-11-13-14(2)12-9/h8H,3-7,10H2,1-2H3. The lowest BCUT2D eigenvalue weighted by atomic mass is 10.1. The van der Waals surface area contributed by atoms with E-state index >= 15 is 0 Å². The van der Waals surface area contributed by atoms with Gasteiger partial charge in [0, 0.05) is 12.5 Å². The van der Waals surface area contributed by atoms with E-state index in [-0.39, 0.29) is 0 Å². The first-order chi connectivity index (χ1) is 6.72. The molecule has 0 aliphatic rings. The molecule has 14 heavy (non-hydrogen) atoms. The smallest absolute Gasteiger partial charge is 0.174 e. The SMILES string of the molecule is CCCC(N)CCCc1nnn(C)n1. The third-order valence-corrected chi connectivity index (χ3v) is 2.18. The van der Waals surface area contributed by atoms with Crippen LogP contribution in [-0.4, -0.2) is 26.2 Å². The minimum atomic E-state index is 0.330. The molecule has 0 aliphatic carbocycles. The highest BCUT2D eigenvalue weighted by molar-refractivity contribution is 4.77. The molecule has 5 nitrogen and oxygen atoms in total. The van der Waals surface area contributed by atoms with Crippen LogP contribution in [0.5, 0.6) is 0 Å². The van der Waals surface area contributed by atoms with E-state index in [1.165, 1.54) is 4.80 Å². The number of rotatable bonds is 6. The first-order valence-electron chi connectivity index (χ1n) is 5.20. The molecule has 0 aliphatic heterocycles. The highest BCUT2D eigenvalue weighted by Gasteiger charge is 2.03. The molecule has 1 unspecified atom stereocenters. The van der Waals surface area contributed by atoms with Crippen LogP contribution < -0.4 is 5.73 Å². The van der Waals surface area contributed by atoms with Crippen molar-refractivity contribution in [2.45, 2.75) is 45.1 Å². The summed E-state index contributed by atoms with van der Waals surface area (Å²) in [5.74, 6) is 0.816. The zero-order valence-corrected chi connectivity index (χ0v) is 8.98. The average Bonchev–Trinajstić information content (AvgIpc) is 2.52. The van der Waals surface area contributed by atoms with Gasteiger partial charge in [0.2, 0.25) is 0 Å². The van der Waals surface area contributed by atoms with Crippen molar-refractivity contribution in [1.29, 1.82) is 0 Å². The predicted molar refractivity (Wildman–Crippen MR) is 54.6 cm³/mol. The Balaban J connectivity index is 2.15. The van der Waals surface area contributed by atoms with E-state index in [1.807, 2.05) is 0 Å². The fourth-order valence-electron chi connectivity index (χ4n) is 1.46. The Labute approximate surface area is 84.7 Å². The quantitative estimate of drug-likeness (QED) is 0.727. The molecule has 1 aromatic heterocycles. The van der Waals surface area contributed by atoms with Crippen LogP contribution in [0.15, 0.2) is 0 Å². The summed E-state index contributed by atoms with van der Waals surface area (Å²) < 4.78 is 0. The lowest BCUT2D eigenvalue weighted by molar-refractivity contribution is 0.534. The summed E-state index contributed by atoms with van der Waals surface area (Å²) in [6.45, 7) is 2.16. The zero-order valence-electron chi connectivity index (χ0n) is 8.98. The summed E-state index contributed by atoms with van der Waals surface area (Å²) in [6.07, 6.45) is 5.24. The first-order valence-corrected chi connectivity index (χ1v) is 5.20. The van der Waals surface area contributed by atoms with Crippen LogP contribution >= 0.6 is 0 Å². The monoisotopic (exact) mass is 197 g/mol. The first kappa shape index (κ1) is 11.1. The molecule has 1 atom stereocenters. The van der Waals surface area contributed by atoms with Gasteiger partial charge >= 0.3 is 0 Å². The van der Waals surface area contributed by atoms with E-state index < -0.39 is 0 Å². The minimum Gasteiger partial charge on any atom is -0.328 e. The van der Waals surface area contributed by atoms with Gasteiger partial charge in [0.1, 0.15) is 0 Å². The lowest BCUT2D eigenvalue weighted by Crippen LogP contribution is -2.19. The zero-order chi connectivity index (χ0) is 10.4. The van der Waals surface area contributed by atoms with Gasteiger partial charge in [0.05, 0.1) is 7.05 Å². The number of aryl methyl sites for hydroxylation is 2. The molecular weight excluding hydrogens is 178 g/mol. The van der Waals surface area contributed by atoms with Crippen LogP contribution in [0.2, 0.25) is 0 Å². The normalized spacial score (nSPS) is 13.1. The Bertz CT molecular complexity index is 257. The van der Waals surface area contributed by atoms with E-state index in [9.17, 15) is 0 Å². The number of aromatic nitrogens is 4. The molecule has 1 aromatic rings. The van der Waals surface area contributed by atoms with E-state index in [0.29, 0.717) is 6.04 Å². The van der Waals surface area contributed by atoms with Crippen LogP contribution in [0.25, 0.3) is 0 Å². The van der Waals surface area contributed by atoms with Crippen LogP contribution in [0.1, 0.15) is 38.4 Å². The maximum Gasteiger partial charge on any atom is 0.174 e. The maximum atomic E-state index is 5.89. The molecule has 1 heterocycles. The number of tetrazole rings is 1. The van der Waals surface area contributed by atoms with E-state index in [1.54, 1.807) is 7.05 Å². The molecule has 5 heteroatoms. The largest absolute Gasteiger partial charge is 0.328 e. The second-order valence-corrected chi connectivity index (χ2v) is 3.64. The van der Waals surface area contributed by atoms with Gasteiger partial charge in [0.15, 0.2) is 5.82 Å². The van der Waals surface area contributed by atoms with Gasteiger partial charge < -0.3 is 5.73 Å². The van der Waals surface area contributed by atoms with Crippen molar-refractivity contribution in [2.24, 2.45) is 12.8 Å². The highest BCUT2D eigenvalue weighted by Crippen LogP contribution is 2.04. The summed E-state index contributed by atoms with van der Waals surface area (Å²) >= 11 is 0. The molecule has 0 radical (unpaired) electrons. The summed E-state index contributed by atoms with van der Waals surface area (Å²) in [6, 6.07) is 0.330. The topological polar surface area (TPSA) is 69.6 Å². The van der Waals surface area contributed by atoms with Crippen LogP contribution in [-0.2, 0) is 13.5 Å². The fourth-order valence-corrected chi connectivity index (χ4v) is 1.46. The van der Waals surface area contributed by atoms with Crippen LogP contribution in [0, 0.1) is 0 Å². The lowest BCUT2D eigenvalue weighted by Gasteiger charge is -2.07. The van der Waals surface area contributed by atoms with E-state index in [4.69, 9.17) is 5.73 Å². The van der Waals surface area contributed by atoms with Crippen LogP contribution in [0.4, 0.5) is 0 Å². The minimum absolute atomic E-state index is 0.330. The maximum absolute atomic E-state index is 5.89. The summed E-state index contributed by atoms with van der Waals surface area (Å²) in [7, 11) is 1.78. The molecule has 0 bridgehead atoms. The molecule has 0 aromatic carbocycles. The second-order valence-electron chi connectivity index (χ2n) is 3.64. The molecular formula is C9H19N5. The van der Waals surface area contributed by atoms with E-state index in [0.717, 1.165) is 37.9 Å². The third-order valence-electron chi connectivity index (χ3n) is 2.18. The van der Waals surface area contributed by atoms with Crippen molar-refractivity contribution in [3.63, 3.8) is 0 Å². The molecule has 0 amide bonds. The number of hydrogen-bond acceptors (Lipinski definition) is 4. The Hall–Kier alpha value is -0.970. The summed E-state index contributed by atoms with van der Waals surface area (Å²) in [4.78, 5) is 1.49. The number of nitrogens with two attached hydrogens (primary N) is 1.